The van der Waals surface area contributed by atoms with Gasteiger partial charge in [-0.2, -0.15) is 0 Å². The molecule has 0 saturated carbocycles. The molecule has 0 fully saturated rings. The van der Waals surface area contributed by atoms with Gasteiger partial charge in [0.2, 0.25) is 10.0 Å². The molecule has 2 rings (SSSR count). The Morgan fingerprint density at radius 2 is 2.14 bits per heavy atom. The van der Waals surface area contributed by atoms with Crippen LogP contribution in [-0.2, 0) is 16.4 Å². The number of fused-ring (bicyclic) bond motifs is 1. The smallest absolute Gasteiger partial charge is 0.251 e. The molecule has 116 valence electrons. The highest BCUT2D eigenvalue weighted by atomic mass is 32.2. The van der Waals surface area contributed by atoms with Crippen LogP contribution in [0.4, 0.5) is 5.69 Å². The van der Waals surface area contributed by atoms with E-state index in [1.54, 1.807) is 18.2 Å². The Bertz CT molecular complexity index is 643. The van der Waals surface area contributed by atoms with E-state index in [0.29, 0.717) is 30.8 Å². The lowest BCUT2D eigenvalue weighted by Crippen LogP contribution is -2.37. The molecule has 0 saturated heterocycles. The molecule has 1 amide bonds. The van der Waals surface area contributed by atoms with Gasteiger partial charge in [0.25, 0.3) is 5.91 Å². The zero-order valence-electron chi connectivity index (χ0n) is 12.5. The zero-order chi connectivity index (χ0) is 15.6. The standard InChI is InChI=1S/C14H21N3O3S/c1-10(15-2)9-16-14(18)12-4-5-13-11(8-12)6-7-17(13)21(3,19)20/h4-5,8,10,15H,6-7,9H2,1-3H3,(H,16,18). The van der Waals surface area contributed by atoms with Gasteiger partial charge in [0, 0.05) is 24.7 Å². The summed E-state index contributed by atoms with van der Waals surface area (Å²) >= 11 is 0. The molecule has 0 aliphatic carbocycles. The van der Waals surface area contributed by atoms with Crippen molar-refractivity contribution in [2.24, 2.45) is 0 Å². The molecule has 6 nitrogen and oxygen atoms in total. The third-order valence-electron chi connectivity index (χ3n) is 3.66. The van der Waals surface area contributed by atoms with Gasteiger partial charge in [-0.3, -0.25) is 9.10 Å². The first-order valence-corrected chi connectivity index (χ1v) is 8.74. The average Bonchev–Trinajstić information content (AvgIpc) is 2.87. The van der Waals surface area contributed by atoms with E-state index in [-0.39, 0.29) is 11.9 Å². The maximum atomic E-state index is 12.1. The lowest BCUT2D eigenvalue weighted by molar-refractivity contribution is 0.0950. The summed E-state index contributed by atoms with van der Waals surface area (Å²) in [5.41, 5.74) is 2.14. The van der Waals surface area contributed by atoms with Crippen LogP contribution in [0, 0.1) is 0 Å². The Morgan fingerprint density at radius 3 is 2.76 bits per heavy atom. The molecule has 1 atom stereocenters. The van der Waals surface area contributed by atoms with Gasteiger partial charge in [-0.15, -0.1) is 0 Å². The van der Waals surface area contributed by atoms with E-state index in [0.717, 1.165) is 5.56 Å². The van der Waals surface area contributed by atoms with Gasteiger partial charge in [-0.1, -0.05) is 0 Å². The quantitative estimate of drug-likeness (QED) is 0.822. The molecule has 1 aromatic carbocycles. The number of benzene rings is 1. The third kappa shape index (κ3) is 3.54. The maximum Gasteiger partial charge on any atom is 0.251 e. The summed E-state index contributed by atoms with van der Waals surface area (Å²) in [5, 5.41) is 5.90. The van der Waals surface area contributed by atoms with Crippen molar-refractivity contribution in [3.05, 3.63) is 29.3 Å². The predicted octanol–water partition coefficient (Wildman–Crippen LogP) is 0.346. The highest BCUT2D eigenvalue weighted by Crippen LogP contribution is 2.30. The van der Waals surface area contributed by atoms with Gasteiger partial charge in [0.05, 0.1) is 11.9 Å². The molecule has 21 heavy (non-hydrogen) atoms. The molecule has 1 heterocycles. The number of anilines is 1. The number of nitrogens with one attached hydrogen (secondary N) is 2. The fraction of sp³-hybridized carbons (Fsp3) is 0.500. The van der Waals surface area contributed by atoms with E-state index in [1.807, 2.05) is 14.0 Å². The summed E-state index contributed by atoms with van der Waals surface area (Å²) in [4.78, 5) is 12.1. The van der Waals surface area contributed by atoms with Crippen molar-refractivity contribution in [1.82, 2.24) is 10.6 Å². The number of carbonyl (C=O) groups is 1. The van der Waals surface area contributed by atoms with E-state index in [1.165, 1.54) is 10.6 Å². The molecular formula is C14H21N3O3S. The molecule has 2 N–H and O–H groups in total. The van der Waals surface area contributed by atoms with Crippen molar-refractivity contribution in [2.45, 2.75) is 19.4 Å². The topological polar surface area (TPSA) is 78.5 Å². The molecule has 1 aromatic rings. The van der Waals surface area contributed by atoms with Crippen LogP contribution in [0.3, 0.4) is 0 Å². The number of rotatable bonds is 5. The third-order valence-corrected chi connectivity index (χ3v) is 4.84. The fourth-order valence-electron chi connectivity index (χ4n) is 2.31. The fourth-order valence-corrected chi connectivity index (χ4v) is 3.27. The van der Waals surface area contributed by atoms with Gasteiger partial charge in [0.15, 0.2) is 0 Å². The first-order valence-electron chi connectivity index (χ1n) is 6.89. The van der Waals surface area contributed by atoms with Crippen molar-refractivity contribution >= 4 is 21.6 Å². The number of hydrogen-bond donors (Lipinski definition) is 2. The van der Waals surface area contributed by atoms with Gasteiger partial charge in [0.1, 0.15) is 0 Å². The Labute approximate surface area is 125 Å². The van der Waals surface area contributed by atoms with Crippen molar-refractivity contribution in [1.29, 1.82) is 0 Å². The number of amides is 1. The van der Waals surface area contributed by atoms with E-state index in [9.17, 15) is 13.2 Å². The Morgan fingerprint density at radius 1 is 1.43 bits per heavy atom. The van der Waals surface area contributed by atoms with Crippen LogP contribution >= 0.6 is 0 Å². The molecule has 1 unspecified atom stereocenters. The van der Waals surface area contributed by atoms with Gasteiger partial charge < -0.3 is 10.6 Å². The van der Waals surface area contributed by atoms with E-state index < -0.39 is 10.0 Å². The predicted molar refractivity (Wildman–Crippen MR) is 83.2 cm³/mol. The zero-order valence-corrected chi connectivity index (χ0v) is 13.3. The van der Waals surface area contributed by atoms with Crippen molar-refractivity contribution in [2.75, 3.05) is 30.7 Å². The summed E-state index contributed by atoms with van der Waals surface area (Å²) in [7, 11) is -1.41. The van der Waals surface area contributed by atoms with Crippen LogP contribution < -0.4 is 14.9 Å². The normalized spacial score (nSPS) is 15.7. The summed E-state index contributed by atoms with van der Waals surface area (Å²) in [5.74, 6) is -0.141. The molecule has 7 heteroatoms. The van der Waals surface area contributed by atoms with E-state index >= 15 is 0 Å². The van der Waals surface area contributed by atoms with Crippen LogP contribution in [0.1, 0.15) is 22.8 Å². The molecule has 0 spiro atoms. The van der Waals surface area contributed by atoms with Crippen molar-refractivity contribution < 1.29 is 13.2 Å². The molecule has 1 aliphatic rings. The molecular weight excluding hydrogens is 290 g/mol. The number of sulfonamides is 1. The van der Waals surface area contributed by atoms with Crippen LogP contribution in [0.5, 0.6) is 0 Å². The molecule has 0 aromatic heterocycles. The first kappa shape index (κ1) is 15.8. The largest absolute Gasteiger partial charge is 0.350 e. The van der Waals surface area contributed by atoms with E-state index in [2.05, 4.69) is 10.6 Å². The first-order chi connectivity index (χ1) is 9.82. The summed E-state index contributed by atoms with van der Waals surface area (Å²) < 4.78 is 24.7. The second kappa shape index (κ2) is 6.03. The van der Waals surface area contributed by atoms with Crippen LogP contribution in [0.15, 0.2) is 18.2 Å². The lowest BCUT2D eigenvalue weighted by atomic mass is 10.1. The van der Waals surface area contributed by atoms with Crippen LogP contribution in [-0.4, -0.2) is 46.8 Å². The molecule has 0 radical (unpaired) electrons. The van der Waals surface area contributed by atoms with Gasteiger partial charge in [-0.25, -0.2) is 8.42 Å². The van der Waals surface area contributed by atoms with Crippen LogP contribution in [0.2, 0.25) is 0 Å². The average molecular weight is 311 g/mol. The maximum absolute atomic E-state index is 12.1. The van der Waals surface area contributed by atoms with Crippen molar-refractivity contribution in [3.63, 3.8) is 0 Å². The van der Waals surface area contributed by atoms with Crippen molar-refractivity contribution in [3.8, 4) is 0 Å². The highest BCUT2D eigenvalue weighted by Gasteiger charge is 2.26. The van der Waals surface area contributed by atoms with Gasteiger partial charge >= 0.3 is 0 Å². The minimum atomic E-state index is -3.25. The van der Waals surface area contributed by atoms with E-state index in [4.69, 9.17) is 0 Å². The lowest BCUT2D eigenvalue weighted by Gasteiger charge is -2.16. The number of nitrogens with zero attached hydrogens (tertiary/aromatic N) is 1. The Kier molecular flexibility index (Phi) is 4.53. The molecule has 1 aliphatic heterocycles. The highest BCUT2D eigenvalue weighted by molar-refractivity contribution is 7.92. The number of likely N-dealkylation sites (N-methyl/N-ethyl adjacent to an activating group) is 1. The number of carbonyl (C=O) groups excluding carboxylic acids is 1. The minimum Gasteiger partial charge on any atom is -0.350 e. The van der Waals surface area contributed by atoms with Gasteiger partial charge in [-0.05, 0) is 44.2 Å². The SMILES string of the molecule is CNC(C)CNC(=O)c1ccc2c(c1)CCN2S(C)(=O)=O. The Hall–Kier alpha value is -1.60. The second-order valence-corrected chi connectivity index (χ2v) is 7.24. The monoisotopic (exact) mass is 311 g/mol. The van der Waals surface area contributed by atoms with Crippen LogP contribution in [0.25, 0.3) is 0 Å². The summed E-state index contributed by atoms with van der Waals surface area (Å²) in [6.07, 6.45) is 1.83. The molecule has 0 bridgehead atoms. The number of hydrogen-bond acceptors (Lipinski definition) is 4. The summed E-state index contributed by atoms with van der Waals surface area (Å²) in [6.45, 7) is 2.96. The Balaban J connectivity index is 2.14. The minimum absolute atomic E-state index is 0.141. The summed E-state index contributed by atoms with van der Waals surface area (Å²) in [6, 6.07) is 5.35. The second-order valence-electron chi connectivity index (χ2n) is 5.33.